The highest BCUT2D eigenvalue weighted by Crippen LogP contribution is 2.39. The maximum Gasteiger partial charge on any atom is 0.406 e. The average Bonchev–Trinajstić information content (AvgIpc) is 2.03. The molecule has 12 heavy (non-hydrogen) atoms. The third-order valence-electron chi connectivity index (χ3n) is 2.56. The summed E-state index contributed by atoms with van der Waals surface area (Å²) in [5.41, 5.74) is 5.67. The standard InChI is InChI=1S/C8H16N2O2/c1-10-7(11)12-6-8(5-9)3-2-4-8/h2-6,9H2,1H3,(H,10,11). The van der Waals surface area contributed by atoms with Crippen molar-refractivity contribution in [2.24, 2.45) is 11.1 Å². The van der Waals surface area contributed by atoms with E-state index in [1.807, 2.05) is 0 Å². The molecule has 1 fully saturated rings. The van der Waals surface area contributed by atoms with Crippen molar-refractivity contribution < 1.29 is 9.53 Å². The van der Waals surface area contributed by atoms with E-state index in [1.54, 1.807) is 7.05 Å². The van der Waals surface area contributed by atoms with E-state index in [-0.39, 0.29) is 11.5 Å². The number of carbonyl (C=O) groups is 1. The first-order valence-electron chi connectivity index (χ1n) is 4.27. The molecule has 1 saturated carbocycles. The van der Waals surface area contributed by atoms with Crippen molar-refractivity contribution >= 4 is 6.09 Å². The molecule has 0 aliphatic heterocycles. The van der Waals surface area contributed by atoms with E-state index in [4.69, 9.17) is 10.5 Å². The zero-order valence-electron chi connectivity index (χ0n) is 7.43. The van der Waals surface area contributed by atoms with E-state index in [0.29, 0.717) is 13.2 Å². The van der Waals surface area contributed by atoms with Crippen LogP contribution >= 0.6 is 0 Å². The lowest BCUT2D eigenvalue weighted by molar-refractivity contribution is 0.0348. The number of hydrogen-bond donors (Lipinski definition) is 2. The molecule has 4 heteroatoms. The Hall–Kier alpha value is -0.770. The number of rotatable bonds is 3. The lowest BCUT2D eigenvalue weighted by Gasteiger charge is -2.39. The van der Waals surface area contributed by atoms with E-state index < -0.39 is 0 Å². The lowest BCUT2D eigenvalue weighted by atomic mass is 9.69. The normalized spacial score (nSPS) is 19.5. The second kappa shape index (κ2) is 3.76. The van der Waals surface area contributed by atoms with E-state index in [0.717, 1.165) is 12.8 Å². The molecule has 1 amide bonds. The first-order valence-corrected chi connectivity index (χ1v) is 4.27. The van der Waals surface area contributed by atoms with Crippen molar-refractivity contribution in [2.75, 3.05) is 20.2 Å². The number of nitrogens with one attached hydrogen (secondary N) is 1. The largest absolute Gasteiger partial charge is 0.449 e. The van der Waals surface area contributed by atoms with Gasteiger partial charge >= 0.3 is 6.09 Å². The van der Waals surface area contributed by atoms with Gasteiger partial charge in [0.2, 0.25) is 0 Å². The highest BCUT2D eigenvalue weighted by Gasteiger charge is 2.36. The minimum absolute atomic E-state index is 0.0898. The van der Waals surface area contributed by atoms with E-state index in [2.05, 4.69) is 5.32 Å². The molecule has 0 aromatic rings. The van der Waals surface area contributed by atoms with Crippen molar-refractivity contribution in [3.63, 3.8) is 0 Å². The fourth-order valence-electron chi connectivity index (χ4n) is 1.37. The minimum atomic E-state index is -0.366. The summed E-state index contributed by atoms with van der Waals surface area (Å²) in [6.07, 6.45) is 3.00. The summed E-state index contributed by atoms with van der Waals surface area (Å²) >= 11 is 0. The summed E-state index contributed by atoms with van der Waals surface area (Å²) < 4.78 is 4.96. The van der Waals surface area contributed by atoms with Gasteiger partial charge in [0.15, 0.2) is 0 Å². The Bertz CT molecular complexity index is 161. The maximum absolute atomic E-state index is 10.7. The minimum Gasteiger partial charge on any atom is -0.449 e. The fourth-order valence-corrected chi connectivity index (χ4v) is 1.37. The third kappa shape index (κ3) is 1.88. The molecule has 0 aromatic carbocycles. The molecule has 3 N–H and O–H groups in total. The number of ether oxygens (including phenoxy) is 1. The molecule has 1 aliphatic rings. The summed E-state index contributed by atoms with van der Waals surface area (Å²) in [4.78, 5) is 10.7. The first kappa shape index (κ1) is 9.32. The molecule has 0 spiro atoms. The van der Waals surface area contributed by atoms with Crippen LogP contribution in [0.2, 0.25) is 0 Å². The van der Waals surface area contributed by atoms with Gasteiger partial charge in [-0.15, -0.1) is 0 Å². The predicted molar refractivity (Wildman–Crippen MR) is 45.7 cm³/mol. The van der Waals surface area contributed by atoms with Crippen LogP contribution in [-0.4, -0.2) is 26.3 Å². The highest BCUT2D eigenvalue weighted by atomic mass is 16.5. The Kier molecular flexibility index (Phi) is 2.92. The van der Waals surface area contributed by atoms with Gasteiger partial charge in [-0.1, -0.05) is 6.42 Å². The Morgan fingerprint density at radius 3 is 2.67 bits per heavy atom. The second-order valence-corrected chi connectivity index (χ2v) is 3.38. The Morgan fingerprint density at radius 2 is 2.33 bits per heavy atom. The van der Waals surface area contributed by atoms with Crippen LogP contribution in [0.4, 0.5) is 4.79 Å². The number of amides is 1. The van der Waals surface area contributed by atoms with Crippen LogP contribution in [0.15, 0.2) is 0 Å². The van der Waals surface area contributed by atoms with E-state index in [9.17, 15) is 4.79 Å². The molecular weight excluding hydrogens is 156 g/mol. The van der Waals surface area contributed by atoms with E-state index >= 15 is 0 Å². The van der Waals surface area contributed by atoms with Gasteiger partial charge < -0.3 is 15.8 Å². The molecule has 0 saturated heterocycles. The highest BCUT2D eigenvalue weighted by molar-refractivity contribution is 5.66. The monoisotopic (exact) mass is 172 g/mol. The van der Waals surface area contributed by atoms with Gasteiger partial charge in [-0.05, 0) is 12.8 Å². The number of carbonyl (C=O) groups excluding carboxylic acids is 1. The smallest absolute Gasteiger partial charge is 0.406 e. The molecule has 0 unspecified atom stereocenters. The van der Waals surface area contributed by atoms with Gasteiger partial charge in [-0.3, -0.25) is 0 Å². The summed E-state index contributed by atoms with van der Waals surface area (Å²) in [6.45, 7) is 1.08. The van der Waals surface area contributed by atoms with Crippen molar-refractivity contribution in [3.8, 4) is 0 Å². The number of hydrogen-bond acceptors (Lipinski definition) is 3. The summed E-state index contributed by atoms with van der Waals surface area (Å²) in [5.74, 6) is 0. The van der Waals surface area contributed by atoms with Crippen LogP contribution in [0.25, 0.3) is 0 Å². The van der Waals surface area contributed by atoms with Crippen LogP contribution in [-0.2, 0) is 4.74 Å². The van der Waals surface area contributed by atoms with Gasteiger partial charge in [0.05, 0.1) is 0 Å². The number of alkyl carbamates (subject to hydrolysis) is 1. The van der Waals surface area contributed by atoms with Crippen molar-refractivity contribution in [2.45, 2.75) is 19.3 Å². The van der Waals surface area contributed by atoms with Gasteiger partial charge in [-0.25, -0.2) is 4.79 Å². The van der Waals surface area contributed by atoms with Crippen molar-refractivity contribution in [3.05, 3.63) is 0 Å². The second-order valence-electron chi connectivity index (χ2n) is 3.38. The summed E-state index contributed by atoms with van der Waals surface area (Å²) in [5, 5.41) is 2.41. The first-order chi connectivity index (χ1) is 5.72. The molecule has 0 aromatic heterocycles. The summed E-state index contributed by atoms with van der Waals surface area (Å²) in [7, 11) is 1.55. The molecule has 4 nitrogen and oxygen atoms in total. The molecule has 70 valence electrons. The lowest BCUT2D eigenvalue weighted by Crippen LogP contribution is -2.42. The fraction of sp³-hybridized carbons (Fsp3) is 0.875. The van der Waals surface area contributed by atoms with Crippen molar-refractivity contribution in [1.29, 1.82) is 0 Å². The van der Waals surface area contributed by atoms with Gasteiger partial charge in [-0.2, -0.15) is 0 Å². The van der Waals surface area contributed by atoms with E-state index in [1.165, 1.54) is 6.42 Å². The SMILES string of the molecule is CNC(=O)OCC1(CN)CCC1. The molecule has 0 atom stereocenters. The van der Waals surface area contributed by atoms with Crippen LogP contribution in [0.1, 0.15) is 19.3 Å². The Labute approximate surface area is 72.5 Å². The predicted octanol–water partition coefficient (Wildman–Crippen LogP) is 0.471. The Morgan fingerprint density at radius 1 is 1.67 bits per heavy atom. The third-order valence-corrected chi connectivity index (χ3v) is 2.56. The zero-order chi connectivity index (χ0) is 9.03. The van der Waals surface area contributed by atoms with Crippen LogP contribution in [0.5, 0.6) is 0 Å². The topological polar surface area (TPSA) is 64.3 Å². The molecule has 1 rings (SSSR count). The Balaban J connectivity index is 2.24. The quantitative estimate of drug-likeness (QED) is 0.650. The number of nitrogens with two attached hydrogens (primary N) is 1. The van der Waals surface area contributed by atoms with Gasteiger partial charge in [0.25, 0.3) is 0 Å². The molecule has 0 bridgehead atoms. The van der Waals surface area contributed by atoms with Crippen LogP contribution < -0.4 is 11.1 Å². The summed E-state index contributed by atoms with van der Waals surface area (Å²) in [6, 6.07) is 0. The van der Waals surface area contributed by atoms with Gasteiger partial charge in [0, 0.05) is 19.0 Å². The van der Waals surface area contributed by atoms with Gasteiger partial charge in [0.1, 0.15) is 6.61 Å². The molecule has 0 heterocycles. The average molecular weight is 172 g/mol. The molecule has 1 aliphatic carbocycles. The van der Waals surface area contributed by atoms with Crippen molar-refractivity contribution in [1.82, 2.24) is 5.32 Å². The zero-order valence-corrected chi connectivity index (χ0v) is 7.43. The van der Waals surface area contributed by atoms with Crippen LogP contribution in [0, 0.1) is 5.41 Å². The molecule has 0 radical (unpaired) electrons. The van der Waals surface area contributed by atoms with Crippen LogP contribution in [0.3, 0.4) is 0 Å². The molecular formula is C8H16N2O2. The maximum atomic E-state index is 10.7.